The molecular formula is C6H10N2O2. The van der Waals surface area contributed by atoms with E-state index in [0.717, 1.165) is 6.42 Å². The number of aliphatic hydroxyl groups is 1. The first kappa shape index (κ1) is 7.21. The van der Waals surface area contributed by atoms with Crippen LogP contribution in [-0.4, -0.2) is 21.9 Å². The topological polar surface area (TPSA) is 59.2 Å². The van der Waals surface area contributed by atoms with Gasteiger partial charge in [-0.2, -0.15) is 4.98 Å². The average molecular weight is 142 g/mol. The zero-order valence-electron chi connectivity index (χ0n) is 5.87. The average Bonchev–Trinajstić information content (AvgIpc) is 2.37. The molecule has 0 saturated carbocycles. The van der Waals surface area contributed by atoms with Gasteiger partial charge in [-0.1, -0.05) is 12.1 Å². The Bertz CT molecular complexity index is 197. The third kappa shape index (κ3) is 1.54. The normalized spacial score (nSPS) is 10.2. The molecule has 1 rings (SSSR count). The zero-order valence-corrected chi connectivity index (χ0v) is 5.87. The Balaban J connectivity index is 2.59. The molecule has 0 aromatic carbocycles. The van der Waals surface area contributed by atoms with E-state index in [9.17, 15) is 0 Å². The van der Waals surface area contributed by atoms with Gasteiger partial charge in [0, 0.05) is 12.8 Å². The molecule has 0 aliphatic rings. The smallest absolute Gasteiger partial charge is 0.226 e. The van der Waals surface area contributed by atoms with E-state index in [1.54, 1.807) is 0 Å². The van der Waals surface area contributed by atoms with Crippen molar-refractivity contribution < 1.29 is 9.63 Å². The summed E-state index contributed by atoms with van der Waals surface area (Å²) < 4.78 is 4.79. The van der Waals surface area contributed by atoms with Gasteiger partial charge >= 0.3 is 0 Å². The van der Waals surface area contributed by atoms with Crippen LogP contribution < -0.4 is 0 Å². The van der Waals surface area contributed by atoms with E-state index in [-0.39, 0.29) is 6.61 Å². The monoisotopic (exact) mass is 142 g/mol. The van der Waals surface area contributed by atoms with Crippen molar-refractivity contribution in [3.8, 4) is 0 Å². The maximum absolute atomic E-state index is 8.48. The highest BCUT2D eigenvalue weighted by Crippen LogP contribution is 1.97. The Morgan fingerprint density at radius 2 is 2.40 bits per heavy atom. The van der Waals surface area contributed by atoms with Crippen LogP contribution in [0.2, 0.25) is 0 Å². The number of hydrogen-bond donors (Lipinski definition) is 1. The standard InChI is InChI=1S/C6H10N2O2/c1-2-6-7-5(3-4-9)8-10-6/h9H,2-4H2,1H3. The van der Waals surface area contributed by atoms with Gasteiger partial charge in [0.25, 0.3) is 0 Å². The van der Waals surface area contributed by atoms with Gasteiger partial charge in [0.1, 0.15) is 0 Å². The van der Waals surface area contributed by atoms with Gasteiger partial charge in [-0.15, -0.1) is 0 Å². The van der Waals surface area contributed by atoms with Gasteiger partial charge in [0.05, 0.1) is 6.61 Å². The lowest BCUT2D eigenvalue weighted by Gasteiger charge is -1.82. The summed E-state index contributed by atoms with van der Waals surface area (Å²) in [6, 6.07) is 0. The summed E-state index contributed by atoms with van der Waals surface area (Å²) in [5.41, 5.74) is 0. The minimum absolute atomic E-state index is 0.0721. The van der Waals surface area contributed by atoms with Gasteiger partial charge < -0.3 is 9.63 Å². The number of aryl methyl sites for hydroxylation is 1. The molecule has 4 nitrogen and oxygen atoms in total. The van der Waals surface area contributed by atoms with Crippen LogP contribution in [0.25, 0.3) is 0 Å². The minimum Gasteiger partial charge on any atom is -0.396 e. The fourth-order valence-electron chi connectivity index (χ4n) is 0.635. The lowest BCUT2D eigenvalue weighted by atomic mass is 10.4. The molecule has 0 aliphatic heterocycles. The van der Waals surface area contributed by atoms with Crippen LogP contribution in [0.5, 0.6) is 0 Å². The fourth-order valence-corrected chi connectivity index (χ4v) is 0.635. The van der Waals surface area contributed by atoms with E-state index in [4.69, 9.17) is 9.63 Å². The van der Waals surface area contributed by atoms with Crippen molar-refractivity contribution in [2.45, 2.75) is 19.8 Å². The molecule has 1 aromatic heterocycles. The summed E-state index contributed by atoms with van der Waals surface area (Å²) in [4.78, 5) is 3.98. The molecule has 0 atom stereocenters. The number of aromatic nitrogens is 2. The number of aliphatic hydroxyl groups excluding tert-OH is 1. The van der Waals surface area contributed by atoms with E-state index < -0.39 is 0 Å². The zero-order chi connectivity index (χ0) is 7.40. The first-order valence-corrected chi connectivity index (χ1v) is 3.29. The molecule has 0 bridgehead atoms. The second-order valence-electron chi connectivity index (χ2n) is 1.93. The molecule has 0 fully saturated rings. The van der Waals surface area contributed by atoms with Crippen LogP contribution in [0.1, 0.15) is 18.6 Å². The van der Waals surface area contributed by atoms with Crippen LogP contribution in [0.15, 0.2) is 4.52 Å². The van der Waals surface area contributed by atoms with E-state index in [0.29, 0.717) is 18.1 Å². The van der Waals surface area contributed by atoms with Crippen LogP contribution in [0.3, 0.4) is 0 Å². The summed E-state index contributed by atoms with van der Waals surface area (Å²) in [5, 5.41) is 12.1. The highest BCUT2D eigenvalue weighted by Gasteiger charge is 2.01. The highest BCUT2D eigenvalue weighted by atomic mass is 16.5. The van der Waals surface area contributed by atoms with Gasteiger partial charge in [0.15, 0.2) is 5.82 Å². The van der Waals surface area contributed by atoms with E-state index >= 15 is 0 Å². The Morgan fingerprint density at radius 3 is 2.90 bits per heavy atom. The molecule has 1 aromatic rings. The van der Waals surface area contributed by atoms with Crippen molar-refractivity contribution >= 4 is 0 Å². The molecule has 4 heteroatoms. The van der Waals surface area contributed by atoms with E-state index in [1.807, 2.05) is 6.92 Å². The quantitative estimate of drug-likeness (QED) is 0.653. The van der Waals surface area contributed by atoms with Crippen molar-refractivity contribution in [3.63, 3.8) is 0 Å². The summed E-state index contributed by atoms with van der Waals surface area (Å²) in [6.45, 7) is 2.01. The molecule has 0 saturated heterocycles. The molecule has 56 valence electrons. The van der Waals surface area contributed by atoms with Crippen molar-refractivity contribution in [3.05, 3.63) is 11.7 Å². The lowest BCUT2D eigenvalue weighted by molar-refractivity contribution is 0.293. The third-order valence-electron chi connectivity index (χ3n) is 1.15. The maximum Gasteiger partial charge on any atom is 0.226 e. The Morgan fingerprint density at radius 1 is 1.60 bits per heavy atom. The molecule has 0 unspecified atom stereocenters. The Labute approximate surface area is 58.9 Å². The maximum atomic E-state index is 8.48. The predicted octanol–water partition coefficient (Wildman–Crippen LogP) is 0.167. The molecular weight excluding hydrogens is 132 g/mol. The van der Waals surface area contributed by atoms with Crippen molar-refractivity contribution in [1.82, 2.24) is 10.1 Å². The van der Waals surface area contributed by atoms with Crippen LogP contribution in [-0.2, 0) is 12.8 Å². The molecule has 1 N–H and O–H groups in total. The van der Waals surface area contributed by atoms with Crippen LogP contribution in [0, 0.1) is 0 Å². The minimum atomic E-state index is 0.0721. The largest absolute Gasteiger partial charge is 0.396 e. The molecule has 0 spiro atoms. The number of rotatable bonds is 3. The summed E-state index contributed by atoms with van der Waals surface area (Å²) >= 11 is 0. The van der Waals surface area contributed by atoms with Gasteiger partial charge in [-0.3, -0.25) is 0 Å². The van der Waals surface area contributed by atoms with E-state index in [1.165, 1.54) is 0 Å². The van der Waals surface area contributed by atoms with E-state index in [2.05, 4.69) is 10.1 Å². The van der Waals surface area contributed by atoms with Crippen LogP contribution in [0.4, 0.5) is 0 Å². The molecule has 10 heavy (non-hydrogen) atoms. The van der Waals surface area contributed by atoms with Crippen molar-refractivity contribution in [2.75, 3.05) is 6.61 Å². The lowest BCUT2D eigenvalue weighted by Crippen LogP contribution is -1.92. The fraction of sp³-hybridized carbons (Fsp3) is 0.667. The Hall–Kier alpha value is -0.900. The van der Waals surface area contributed by atoms with Gasteiger partial charge in [-0.25, -0.2) is 0 Å². The second kappa shape index (κ2) is 3.31. The summed E-state index contributed by atoms with van der Waals surface area (Å²) in [6.07, 6.45) is 1.22. The number of nitrogens with zero attached hydrogens (tertiary/aromatic N) is 2. The van der Waals surface area contributed by atoms with Crippen LogP contribution >= 0.6 is 0 Å². The van der Waals surface area contributed by atoms with Crippen molar-refractivity contribution in [1.29, 1.82) is 0 Å². The number of hydrogen-bond acceptors (Lipinski definition) is 4. The molecule has 0 aliphatic carbocycles. The first-order valence-electron chi connectivity index (χ1n) is 3.29. The SMILES string of the molecule is CCc1nc(CCO)no1. The molecule has 1 heterocycles. The highest BCUT2D eigenvalue weighted by molar-refractivity contribution is 4.85. The predicted molar refractivity (Wildman–Crippen MR) is 34.5 cm³/mol. The molecule has 0 amide bonds. The summed E-state index contributed by atoms with van der Waals surface area (Å²) in [5.74, 6) is 1.21. The first-order chi connectivity index (χ1) is 4.86. The second-order valence-corrected chi connectivity index (χ2v) is 1.93. The van der Waals surface area contributed by atoms with Crippen molar-refractivity contribution in [2.24, 2.45) is 0 Å². The summed E-state index contributed by atoms with van der Waals surface area (Å²) in [7, 11) is 0. The third-order valence-corrected chi connectivity index (χ3v) is 1.15. The van der Waals surface area contributed by atoms with Gasteiger partial charge in [-0.05, 0) is 0 Å². The molecule has 0 radical (unpaired) electrons. The Kier molecular flexibility index (Phi) is 2.39. The van der Waals surface area contributed by atoms with Gasteiger partial charge in [0.2, 0.25) is 5.89 Å².